The van der Waals surface area contributed by atoms with E-state index in [1.165, 1.54) is 46.5 Å². The van der Waals surface area contributed by atoms with Crippen LogP contribution in [-0.4, -0.2) is 0 Å². The van der Waals surface area contributed by atoms with E-state index in [2.05, 4.69) is 12.2 Å². The molecular weight excluding hydrogens is 375 g/mol. The van der Waals surface area contributed by atoms with Crippen LogP contribution >= 0.6 is 18.8 Å². The second kappa shape index (κ2) is 4.09. The monoisotopic (exact) mass is 388 g/mol. The molecule has 0 aromatic rings. The maximum absolute atomic E-state index is 6.59. The van der Waals surface area contributed by atoms with Gasteiger partial charge in [0.05, 0.1) is 0 Å². The summed E-state index contributed by atoms with van der Waals surface area (Å²) in [5.41, 5.74) is 0. The van der Waals surface area contributed by atoms with Crippen LogP contribution in [0.2, 0.25) is 0 Å². The average Bonchev–Trinajstić information content (AvgIpc) is 2.78. The molecule has 0 N–H and O–H groups in total. The second-order valence-corrected chi connectivity index (χ2v) is 19.6. The first kappa shape index (κ1) is 10.3. The fourth-order valence-electron chi connectivity index (χ4n) is 1.92. The zero-order chi connectivity index (χ0) is 9.31. The van der Waals surface area contributed by atoms with Gasteiger partial charge in [-0.2, -0.15) is 0 Å². The van der Waals surface area contributed by atoms with E-state index in [9.17, 15) is 0 Å². The number of halogens is 2. The Kier molecular flexibility index (Phi) is 3.23. The van der Waals surface area contributed by atoms with Gasteiger partial charge in [0.1, 0.15) is 0 Å². The summed E-state index contributed by atoms with van der Waals surface area (Å²) in [6, 6.07) is 0. The summed E-state index contributed by atoms with van der Waals surface area (Å²) in [6.45, 7) is 0. The van der Waals surface area contributed by atoms with Crippen molar-refractivity contribution in [1.29, 1.82) is 0 Å². The van der Waals surface area contributed by atoms with Crippen LogP contribution in [0.3, 0.4) is 0 Å². The van der Waals surface area contributed by atoms with Crippen LogP contribution in [0.5, 0.6) is 0 Å². The summed E-state index contributed by atoms with van der Waals surface area (Å²) >= 11 is -2.92. The Hall–Kier alpha value is 0.748. The summed E-state index contributed by atoms with van der Waals surface area (Å²) in [5.74, 6) is 0. The van der Waals surface area contributed by atoms with Gasteiger partial charge in [-0.05, 0) is 0 Å². The normalized spacial score (nSPS) is 24.5. The maximum atomic E-state index is 6.59. The molecule has 0 aliphatic heterocycles. The minimum atomic E-state index is -2.92. The van der Waals surface area contributed by atoms with E-state index < -0.39 is 14.0 Å². The van der Waals surface area contributed by atoms with Crippen molar-refractivity contribution < 1.29 is 14.0 Å². The van der Waals surface area contributed by atoms with Gasteiger partial charge in [-0.25, -0.2) is 0 Å². The van der Waals surface area contributed by atoms with Crippen molar-refractivity contribution in [3.63, 3.8) is 0 Å². The van der Waals surface area contributed by atoms with Crippen LogP contribution in [0.15, 0.2) is 20.1 Å². The van der Waals surface area contributed by atoms with E-state index in [-0.39, 0.29) is 0 Å². The van der Waals surface area contributed by atoms with Crippen molar-refractivity contribution in [2.24, 2.45) is 0 Å². The van der Waals surface area contributed by atoms with Gasteiger partial charge in [-0.3, -0.25) is 0 Å². The van der Waals surface area contributed by atoms with Crippen LogP contribution in [0, 0.1) is 0 Å². The van der Waals surface area contributed by atoms with Crippen LogP contribution in [0.25, 0.3) is 0 Å². The quantitative estimate of drug-likeness (QED) is 0.649. The van der Waals surface area contributed by atoms with Gasteiger partial charge in [0.2, 0.25) is 0 Å². The van der Waals surface area contributed by atoms with Gasteiger partial charge in [0.25, 0.3) is 0 Å². The summed E-state index contributed by atoms with van der Waals surface area (Å²) < 4.78 is 2.87. The van der Waals surface area contributed by atoms with Crippen molar-refractivity contribution in [2.75, 3.05) is 0 Å². The van der Waals surface area contributed by atoms with E-state index in [1.54, 1.807) is 0 Å². The molecule has 0 bridgehead atoms. The van der Waals surface area contributed by atoms with Gasteiger partial charge >= 0.3 is 91.4 Å². The summed E-state index contributed by atoms with van der Waals surface area (Å²) in [7, 11) is 13.2. The second-order valence-electron chi connectivity index (χ2n) is 3.59. The molecule has 3 heteroatoms. The molecule has 0 aromatic heterocycles. The predicted octanol–water partition coefficient (Wildman–Crippen LogP) is 4.58. The van der Waals surface area contributed by atoms with Crippen LogP contribution < -0.4 is 0 Å². The molecule has 0 saturated carbocycles. The Morgan fingerprint density at radius 1 is 0.923 bits per heavy atom. The molecule has 0 amide bonds. The van der Waals surface area contributed by atoms with Crippen molar-refractivity contribution in [3.05, 3.63) is 20.1 Å². The standard InChI is InChI=1S/2C5H7.2ClH.W/c2*1-2-4-5-3-1;;;/h2*1H,2,4-5H2;2*1H;/q;;;;+2/p-2. The minimum absolute atomic E-state index is 1.17. The van der Waals surface area contributed by atoms with E-state index in [0.29, 0.717) is 0 Å². The number of rotatable bonds is 2. The fourth-order valence-corrected chi connectivity index (χ4v) is 12.9. The molecule has 0 nitrogen and oxygen atoms in total. The summed E-state index contributed by atoms with van der Waals surface area (Å²) in [4.78, 5) is 0. The molecule has 0 aromatic carbocycles. The SMILES string of the molecule is [Cl][W]([Cl])([C]1=CCCC1)[C]1=CCCC1. The van der Waals surface area contributed by atoms with E-state index in [1.807, 2.05) is 0 Å². The van der Waals surface area contributed by atoms with Crippen molar-refractivity contribution in [3.8, 4) is 0 Å². The first-order valence-corrected chi connectivity index (χ1v) is 15.0. The first-order valence-electron chi connectivity index (χ1n) is 4.82. The van der Waals surface area contributed by atoms with E-state index in [4.69, 9.17) is 18.8 Å². The molecular formula is C10H14Cl2W. The fraction of sp³-hybridized carbons (Fsp3) is 0.600. The summed E-state index contributed by atoms with van der Waals surface area (Å²) in [5, 5.41) is 0. The molecule has 2 rings (SSSR count). The van der Waals surface area contributed by atoms with E-state index >= 15 is 0 Å². The van der Waals surface area contributed by atoms with Crippen molar-refractivity contribution in [2.45, 2.75) is 38.5 Å². The molecule has 0 unspecified atom stereocenters. The third kappa shape index (κ3) is 2.06. The first-order chi connectivity index (χ1) is 6.21. The molecule has 13 heavy (non-hydrogen) atoms. The Morgan fingerprint density at radius 2 is 1.38 bits per heavy atom. The number of hydrogen-bond acceptors (Lipinski definition) is 0. The zero-order valence-electron chi connectivity index (χ0n) is 7.56. The summed E-state index contributed by atoms with van der Waals surface area (Å²) in [6.07, 6.45) is 11.9. The van der Waals surface area contributed by atoms with E-state index in [0.717, 1.165) is 0 Å². The van der Waals surface area contributed by atoms with Gasteiger partial charge in [-0.1, -0.05) is 0 Å². The molecule has 0 radical (unpaired) electrons. The van der Waals surface area contributed by atoms with Gasteiger partial charge in [0.15, 0.2) is 0 Å². The zero-order valence-corrected chi connectivity index (χ0v) is 12.0. The molecule has 0 heterocycles. The van der Waals surface area contributed by atoms with Gasteiger partial charge in [0, 0.05) is 0 Å². The molecule has 0 saturated heterocycles. The van der Waals surface area contributed by atoms with Crippen LogP contribution in [0.4, 0.5) is 0 Å². The molecule has 74 valence electrons. The number of allylic oxidation sites excluding steroid dienone is 4. The molecule has 0 spiro atoms. The molecule has 0 fully saturated rings. The average molecular weight is 389 g/mol. The molecule has 2 aliphatic carbocycles. The predicted molar refractivity (Wildman–Crippen MR) is 55.6 cm³/mol. The molecule has 2 aliphatic rings. The van der Waals surface area contributed by atoms with Crippen LogP contribution in [-0.2, 0) is 14.0 Å². The van der Waals surface area contributed by atoms with Crippen LogP contribution in [0.1, 0.15) is 38.5 Å². The van der Waals surface area contributed by atoms with Gasteiger partial charge in [-0.15, -0.1) is 0 Å². The molecule has 0 atom stereocenters. The van der Waals surface area contributed by atoms with Crippen molar-refractivity contribution >= 4 is 18.8 Å². The Balaban J connectivity index is 2.18. The van der Waals surface area contributed by atoms with Crippen molar-refractivity contribution in [1.82, 2.24) is 0 Å². The Labute approximate surface area is 91.0 Å². The topological polar surface area (TPSA) is 0 Å². The number of hydrogen-bond donors (Lipinski definition) is 0. The third-order valence-electron chi connectivity index (χ3n) is 2.66. The Bertz CT molecular complexity index is 240. The third-order valence-corrected chi connectivity index (χ3v) is 16.5. The Morgan fingerprint density at radius 3 is 1.69 bits per heavy atom. The van der Waals surface area contributed by atoms with Gasteiger partial charge < -0.3 is 0 Å².